The smallest absolute Gasteiger partial charge is 0.337 e. The number of carbonyl (C=O) groups excluding carboxylic acids is 2. The van der Waals surface area contributed by atoms with E-state index >= 15 is 0 Å². The maximum Gasteiger partial charge on any atom is 0.337 e. The highest BCUT2D eigenvalue weighted by Crippen LogP contribution is 2.19. The number of piperidine rings is 1. The van der Waals surface area contributed by atoms with Gasteiger partial charge in [0.1, 0.15) is 0 Å². The van der Waals surface area contributed by atoms with Gasteiger partial charge in [0.2, 0.25) is 0 Å². The first-order valence-corrected chi connectivity index (χ1v) is 9.38. The lowest BCUT2D eigenvalue weighted by Gasteiger charge is -2.26. The van der Waals surface area contributed by atoms with Crippen LogP contribution in [0, 0.1) is 6.92 Å². The van der Waals surface area contributed by atoms with Gasteiger partial charge in [-0.05, 0) is 68.2 Å². The molecule has 142 valence electrons. The molecule has 1 fully saturated rings. The third-order valence-electron chi connectivity index (χ3n) is 4.98. The van der Waals surface area contributed by atoms with E-state index in [1.165, 1.54) is 31.9 Å². The highest BCUT2D eigenvalue weighted by Gasteiger charge is 2.13. The number of ether oxygens (including phenoxy) is 1. The molecule has 1 aliphatic heterocycles. The molecule has 1 N–H and O–H groups in total. The zero-order valence-corrected chi connectivity index (χ0v) is 16.0. The highest BCUT2D eigenvalue weighted by molar-refractivity contribution is 6.05. The minimum atomic E-state index is -0.424. The summed E-state index contributed by atoms with van der Waals surface area (Å²) in [5.74, 6) is -0.614. The van der Waals surface area contributed by atoms with E-state index < -0.39 is 5.97 Å². The Hall–Kier alpha value is -2.66. The predicted molar refractivity (Wildman–Crippen MR) is 106 cm³/mol. The molecule has 0 radical (unpaired) electrons. The van der Waals surface area contributed by atoms with E-state index in [0.717, 1.165) is 25.2 Å². The molecule has 3 rings (SSSR count). The van der Waals surface area contributed by atoms with Crippen LogP contribution in [0.2, 0.25) is 0 Å². The molecular weight excluding hydrogens is 340 g/mol. The molecule has 0 aromatic heterocycles. The zero-order valence-electron chi connectivity index (χ0n) is 16.0. The van der Waals surface area contributed by atoms with Crippen LogP contribution in [-0.2, 0) is 11.3 Å². The second-order valence-electron chi connectivity index (χ2n) is 7.01. The topological polar surface area (TPSA) is 58.6 Å². The summed E-state index contributed by atoms with van der Waals surface area (Å²) in [5.41, 5.74) is 3.73. The Bertz CT molecular complexity index is 809. The van der Waals surface area contributed by atoms with Gasteiger partial charge < -0.3 is 10.1 Å². The Morgan fingerprint density at radius 3 is 2.33 bits per heavy atom. The molecule has 27 heavy (non-hydrogen) atoms. The van der Waals surface area contributed by atoms with Crippen LogP contribution in [0.4, 0.5) is 5.69 Å². The molecule has 5 heteroatoms. The average Bonchev–Trinajstić information content (AvgIpc) is 2.70. The molecule has 0 saturated carbocycles. The minimum Gasteiger partial charge on any atom is -0.465 e. The number of likely N-dealkylation sites (tertiary alicyclic amines) is 1. The number of benzene rings is 2. The lowest BCUT2D eigenvalue weighted by molar-refractivity contribution is 0.0600. The van der Waals surface area contributed by atoms with Gasteiger partial charge in [0.15, 0.2) is 0 Å². The van der Waals surface area contributed by atoms with Crippen LogP contribution >= 0.6 is 0 Å². The van der Waals surface area contributed by atoms with Crippen LogP contribution < -0.4 is 5.32 Å². The van der Waals surface area contributed by atoms with Gasteiger partial charge in [-0.15, -0.1) is 0 Å². The highest BCUT2D eigenvalue weighted by atomic mass is 16.5. The number of hydrogen-bond acceptors (Lipinski definition) is 4. The Balaban J connectivity index is 1.66. The number of hydrogen-bond donors (Lipinski definition) is 1. The van der Waals surface area contributed by atoms with Gasteiger partial charge >= 0.3 is 5.97 Å². The standard InChI is InChI=1S/C22H26N2O3/c1-16-6-9-19(22(26)27-2)14-20(16)23-21(25)18-10-7-17(8-11-18)15-24-12-4-3-5-13-24/h6-11,14H,3-5,12-13,15H2,1-2H3,(H,23,25). The van der Waals surface area contributed by atoms with Crippen LogP contribution in [0.1, 0.15) is 51.1 Å². The fraction of sp³-hybridized carbons (Fsp3) is 0.364. The molecule has 0 aliphatic carbocycles. The lowest BCUT2D eigenvalue weighted by atomic mass is 10.1. The molecule has 1 saturated heterocycles. The zero-order chi connectivity index (χ0) is 19.2. The monoisotopic (exact) mass is 366 g/mol. The summed E-state index contributed by atoms with van der Waals surface area (Å²) in [4.78, 5) is 26.7. The molecular formula is C22H26N2O3. The molecule has 5 nitrogen and oxygen atoms in total. The predicted octanol–water partition coefficient (Wildman–Crippen LogP) is 4.02. The van der Waals surface area contributed by atoms with Crippen LogP contribution in [0.25, 0.3) is 0 Å². The normalized spacial score (nSPS) is 14.6. The fourth-order valence-corrected chi connectivity index (χ4v) is 3.33. The first-order chi connectivity index (χ1) is 13.1. The Morgan fingerprint density at radius 2 is 1.67 bits per heavy atom. The number of methoxy groups -OCH3 is 1. The van der Waals surface area contributed by atoms with Gasteiger partial charge in [0, 0.05) is 17.8 Å². The number of rotatable bonds is 5. The van der Waals surface area contributed by atoms with Crippen molar-refractivity contribution in [2.75, 3.05) is 25.5 Å². The van der Waals surface area contributed by atoms with E-state index in [-0.39, 0.29) is 5.91 Å². The van der Waals surface area contributed by atoms with Crippen molar-refractivity contribution in [3.05, 3.63) is 64.7 Å². The molecule has 0 spiro atoms. The van der Waals surface area contributed by atoms with Crippen LogP contribution in [-0.4, -0.2) is 37.0 Å². The summed E-state index contributed by atoms with van der Waals surface area (Å²) in [6.07, 6.45) is 3.86. The first-order valence-electron chi connectivity index (χ1n) is 9.38. The number of nitrogens with zero attached hydrogens (tertiary/aromatic N) is 1. The number of amides is 1. The van der Waals surface area contributed by atoms with E-state index in [1.54, 1.807) is 18.2 Å². The Morgan fingerprint density at radius 1 is 1.00 bits per heavy atom. The van der Waals surface area contributed by atoms with E-state index in [0.29, 0.717) is 16.8 Å². The third-order valence-corrected chi connectivity index (χ3v) is 4.98. The summed E-state index contributed by atoms with van der Waals surface area (Å²) in [7, 11) is 1.34. The lowest BCUT2D eigenvalue weighted by Crippen LogP contribution is -2.29. The maximum absolute atomic E-state index is 12.6. The van der Waals surface area contributed by atoms with Crippen LogP contribution in [0.5, 0.6) is 0 Å². The largest absolute Gasteiger partial charge is 0.465 e. The van der Waals surface area contributed by atoms with Gasteiger partial charge in [-0.3, -0.25) is 9.69 Å². The van der Waals surface area contributed by atoms with Crippen molar-refractivity contribution in [3.63, 3.8) is 0 Å². The maximum atomic E-state index is 12.6. The number of nitrogens with one attached hydrogen (secondary N) is 1. The fourth-order valence-electron chi connectivity index (χ4n) is 3.33. The first kappa shape index (κ1) is 19.1. The van der Waals surface area contributed by atoms with Gasteiger partial charge in [0.25, 0.3) is 5.91 Å². The summed E-state index contributed by atoms with van der Waals surface area (Å²) in [5, 5.41) is 2.89. The molecule has 2 aromatic carbocycles. The quantitative estimate of drug-likeness (QED) is 0.812. The second-order valence-corrected chi connectivity index (χ2v) is 7.01. The number of carbonyl (C=O) groups is 2. The van der Waals surface area contributed by atoms with Crippen molar-refractivity contribution in [2.24, 2.45) is 0 Å². The van der Waals surface area contributed by atoms with Gasteiger partial charge in [0.05, 0.1) is 12.7 Å². The van der Waals surface area contributed by atoms with E-state index in [1.807, 2.05) is 31.2 Å². The SMILES string of the molecule is COC(=O)c1ccc(C)c(NC(=O)c2ccc(CN3CCCCC3)cc2)c1. The summed E-state index contributed by atoms with van der Waals surface area (Å²) in [6, 6.07) is 12.9. The van der Waals surface area contributed by atoms with Gasteiger partial charge in [-0.2, -0.15) is 0 Å². The van der Waals surface area contributed by atoms with Crippen molar-refractivity contribution in [2.45, 2.75) is 32.7 Å². The van der Waals surface area contributed by atoms with Crippen molar-refractivity contribution in [1.29, 1.82) is 0 Å². The van der Waals surface area contributed by atoms with Gasteiger partial charge in [-0.25, -0.2) is 4.79 Å². The summed E-state index contributed by atoms with van der Waals surface area (Å²) in [6.45, 7) is 5.12. The molecule has 1 amide bonds. The number of anilines is 1. The van der Waals surface area contributed by atoms with Crippen molar-refractivity contribution in [3.8, 4) is 0 Å². The second kappa shape index (κ2) is 8.82. The summed E-state index contributed by atoms with van der Waals surface area (Å²) < 4.78 is 4.74. The van der Waals surface area contributed by atoms with E-state index in [9.17, 15) is 9.59 Å². The molecule has 0 atom stereocenters. The minimum absolute atomic E-state index is 0.190. The van der Waals surface area contributed by atoms with Crippen molar-refractivity contribution >= 4 is 17.6 Å². The molecule has 0 bridgehead atoms. The van der Waals surface area contributed by atoms with Crippen molar-refractivity contribution < 1.29 is 14.3 Å². The van der Waals surface area contributed by atoms with E-state index in [2.05, 4.69) is 10.2 Å². The Kier molecular flexibility index (Phi) is 6.24. The van der Waals surface area contributed by atoms with Gasteiger partial charge in [-0.1, -0.05) is 24.6 Å². The molecule has 2 aromatic rings. The number of aryl methyl sites for hydroxylation is 1. The molecule has 1 aliphatic rings. The Labute approximate surface area is 160 Å². The molecule has 1 heterocycles. The van der Waals surface area contributed by atoms with Crippen LogP contribution in [0.15, 0.2) is 42.5 Å². The number of esters is 1. The van der Waals surface area contributed by atoms with Crippen molar-refractivity contribution in [1.82, 2.24) is 4.90 Å². The summed E-state index contributed by atoms with van der Waals surface area (Å²) >= 11 is 0. The third kappa shape index (κ3) is 4.95. The van der Waals surface area contributed by atoms with Crippen LogP contribution in [0.3, 0.4) is 0 Å². The average molecular weight is 366 g/mol. The van der Waals surface area contributed by atoms with E-state index in [4.69, 9.17) is 4.74 Å². The molecule has 0 unspecified atom stereocenters.